The van der Waals surface area contributed by atoms with Gasteiger partial charge in [-0.2, -0.15) is 0 Å². The second kappa shape index (κ2) is 6.23. The molecule has 0 fully saturated rings. The van der Waals surface area contributed by atoms with Gasteiger partial charge in [0.2, 0.25) is 0 Å². The highest BCUT2D eigenvalue weighted by Crippen LogP contribution is 2.36. The summed E-state index contributed by atoms with van der Waals surface area (Å²) in [6, 6.07) is 9.98. The number of nitrogens with one attached hydrogen (secondary N) is 1. The van der Waals surface area contributed by atoms with Crippen LogP contribution in [0.5, 0.6) is 0 Å². The van der Waals surface area contributed by atoms with Crippen molar-refractivity contribution < 1.29 is 0 Å². The van der Waals surface area contributed by atoms with E-state index in [0.717, 1.165) is 55.4 Å². The number of fused-ring (bicyclic) bond motifs is 2. The van der Waals surface area contributed by atoms with Gasteiger partial charge in [0.1, 0.15) is 5.82 Å². The van der Waals surface area contributed by atoms with Gasteiger partial charge in [-0.05, 0) is 42.3 Å². The maximum atomic E-state index is 6.36. The molecule has 27 heavy (non-hydrogen) atoms. The van der Waals surface area contributed by atoms with Crippen LogP contribution in [0.1, 0.15) is 50.0 Å². The van der Waals surface area contributed by atoms with E-state index in [0.29, 0.717) is 5.92 Å². The lowest BCUT2D eigenvalue weighted by molar-refractivity contribution is 0.521. The van der Waals surface area contributed by atoms with E-state index in [1.54, 1.807) is 11.3 Å². The number of H-pyrrole nitrogens is 1. The number of thiazole rings is 1. The summed E-state index contributed by atoms with van der Waals surface area (Å²) < 4.78 is 1.12. The summed E-state index contributed by atoms with van der Waals surface area (Å²) in [4.78, 5) is 12.9. The fourth-order valence-corrected chi connectivity index (χ4v) is 4.46. The number of aromatic nitrogens is 3. The molecule has 0 radical (unpaired) electrons. The van der Waals surface area contributed by atoms with Crippen molar-refractivity contribution in [3.8, 4) is 0 Å². The lowest BCUT2D eigenvalue weighted by Gasteiger charge is -2.23. The molecule has 0 saturated heterocycles. The molecular formula is C21H25N5S. The Morgan fingerprint density at radius 3 is 2.59 bits per heavy atom. The average molecular weight is 380 g/mol. The van der Waals surface area contributed by atoms with Crippen LogP contribution in [0, 0.1) is 0 Å². The van der Waals surface area contributed by atoms with Crippen LogP contribution in [0.25, 0.3) is 21.3 Å². The number of imidazole rings is 1. The average Bonchev–Trinajstić information content (AvgIpc) is 3.18. The molecule has 6 heteroatoms. The monoisotopic (exact) mass is 379 g/mol. The number of aromatic amines is 1. The Morgan fingerprint density at radius 2 is 1.85 bits per heavy atom. The summed E-state index contributed by atoms with van der Waals surface area (Å²) in [5.74, 6) is 1.35. The van der Waals surface area contributed by atoms with Crippen molar-refractivity contribution in [2.45, 2.75) is 45.4 Å². The lowest BCUT2D eigenvalue weighted by atomic mass is 9.85. The zero-order chi connectivity index (χ0) is 19.3. The molecule has 140 valence electrons. The van der Waals surface area contributed by atoms with Crippen LogP contribution >= 0.6 is 11.3 Å². The van der Waals surface area contributed by atoms with Crippen molar-refractivity contribution in [3.63, 3.8) is 0 Å². The third-order valence-electron chi connectivity index (χ3n) is 4.93. The molecule has 0 spiro atoms. The van der Waals surface area contributed by atoms with Crippen LogP contribution < -0.4 is 11.5 Å². The second-order valence-corrected chi connectivity index (χ2v) is 9.18. The molecule has 4 aromatic rings. The number of nitrogens with zero attached hydrogens (tertiary/aromatic N) is 2. The van der Waals surface area contributed by atoms with Gasteiger partial charge in [0.05, 0.1) is 26.3 Å². The van der Waals surface area contributed by atoms with Crippen LogP contribution in [-0.2, 0) is 11.8 Å². The number of hydrogen-bond donors (Lipinski definition) is 3. The van der Waals surface area contributed by atoms with Crippen LogP contribution in [0.15, 0.2) is 30.3 Å². The smallest absolute Gasteiger partial charge is 0.109 e. The lowest BCUT2D eigenvalue weighted by Crippen LogP contribution is -2.21. The molecule has 0 bridgehead atoms. The highest BCUT2D eigenvalue weighted by molar-refractivity contribution is 7.18. The minimum absolute atomic E-state index is 0.138. The Hall–Kier alpha value is -2.60. The summed E-state index contributed by atoms with van der Waals surface area (Å²) in [7, 11) is 0. The molecule has 0 aliphatic carbocycles. The number of nitrogens with two attached hydrogens (primary N) is 2. The summed E-state index contributed by atoms with van der Waals surface area (Å²) in [5.41, 5.74) is 17.8. The Labute approximate surface area is 162 Å². The quantitative estimate of drug-likeness (QED) is 0.436. The van der Waals surface area contributed by atoms with Gasteiger partial charge in [-0.15, -0.1) is 11.3 Å². The van der Waals surface area contributed by atoms with Gasteiger partial charge in [0.25, 0.3) is 0 Å². The van der Waals surface area contributed by atoms with Crippen LogP contribution in [0.4, 0.5) is 11.4 Å². The second-order valence-electron chi connectivity index (χ2n) is 8.15. The first-order chi connectivity index (χ1) is 12.7. The van der Waals surface area contributed by atoms with Crippen LogP contribution in [-0.4, -0.2) is 15.0 Å². The van der Waals surface area contributed by atoms with E-state index >= 15 is 0 Å². The van der Waals surface area contributed by atoms with Gasteiger partial charge < -0.3 is 16.5 Å². The molecule has 4 rings (SSSR count). The van der Waals surface area contributed by atoms with Crippen molar-refractivity contribution in [3.05, 3.63) is 46.7 Å². The Bertz CT molecular complexity index is 1140. The molecule has 2 heterocycles. The molecule has 0 amide bonds. The molecule has 0 saturated carbocycles. The summed E-state index contributed by atoms with van der Waals surface area (Å²) in [6.45, 7) is 8.68. The number of nitrogen functional groups attached to an aromatic ring is 2. The third-order valence-corrected chi connectivity index (χ3v) is 6.32. The molecular weight excluding hydrogens is 354 g/mol. The van der Waals surface area contributed by atoms with Crippen molar-refractivity contribution in [2.24, 2.45) is 0 Å². The summed E-state index contributed by atoms with van der Waals surface area (Å²) in [5, 5.41) is 1.09. The van der Waals surface area contributed by atoms with Gasteiger partial charge in [-0.25, -0.2) is 9.97 Å². The van der Waals surface area contributed by atoms with Gasteiger partial charge in [0.15, 0.2) is 0 Å². The number of rotatable bonds is 4. The first-order valence-electron chi connectivity index (χ1n) is 9.17. The third kappa shape index (κ3) is 3.25. The molecule has 0 atom stereocenters. The predicted molar refractivity (Wildman–Crippen MR) is 115 cm³/mol. The van der Waals surface area contributed by atoms with E-state index in [-0.39, 0.29) is 5.41 Å². The zero-order valence-corrected chi connectivity index (χ0v) is 16.9. The normalized spacial score (nSPS) is 12.5. The molecule has 5 nitrogen and oxygen atoms in total. The maximum Gasteiger partial charge on any atom is 0.109 e. The van der Waals surface area contributed by atoms with E-state index in [1.807, 2.05) is 24.3 Å². The molecule has 0 unspecified atom stereocenters. The minimum Gasteiger partial charge on any atom is -0.399 e. The Morgan fingerprint density at radius 1 is 1.07 bits per heavy atom. The number of anilines is 2. The topological polar surface area (TPSA) is 93.6 Å². The molecule has 2 aromatic carbocycles. The van der Waals surface area contributed by atoms with Crippen LogP contribution in [0.2, 0.25) is 0 Å². The van der Waals surface area contributed by atoms with Gasteiger partial charge in [-0.1, -0.05) is 27.7 Å². The predicted octanol–water partition coefficient (Wildman–Crippen LogP) is 4.98. The minimum atomic E-state index is -0.138. The van der Waals surface area contributed by atoms with E-state index in [2.05, 4.69) is 43.7 Å². The largest absolute Gasteiger partial charge is 0.399 e. The first-order valence-corrected chi connectivity index (χ1v) is 9.99. The number of benzene rings is 2. The molecule has 0 aliphatic heterocycles. The molecule has 5 N–H and O–H groups in total. The maximum absolute atomic E-state index is 6.36. The zero-order valence-electron chi connectivity index (χ0n) is 16.1. The standard InChI is InChI=1S/C21H25N5S/c1-11(2)19-24-16-7-12(14(23)9-17(16)25-19)10-21(3,4)20-26-15-6-5-13(22)8-18(15)27-20/h5-9,11H,10,22-23H2,1-4H3,(H,24,25). The Kier molecular flexibility index (Phi) is 4.11. The summed E-state index contributed by atoms with van der Waals surface area (Å²) >= 11 is 1.70. The van der Waals surface area contributed by atoms with Gasteiger partial charge in [-0.3, -0.25) is 0 Å². The van der Waals surface area contributed by atoms with Crippen molar-refractivity contribution in [1.82, 2.24) is 15.0 Å². The fourth-order valence-electron chi connectivity index (χ4n) is 3.35. The fraction of sp³-hybridized carbons (Fsp3) is 0.333. The SMILES string of the molecule is CC(C)c1nc2cc(N)c(CC(C)(C)c3nc4ccc(N)cc4s3)cc2[nH]1. The molecule has 0 aliphatic rings. The number of hydrogen-bond acceptors (Lipinski definition) is 5. The van der Waals surface area contributed by atoms with E-state index in [9.17, 15) is 0 Å². The van der Waals surface area contributed by atoms with Crippen molar-refractivity contribution in [1.29, 1.82) is 0 Å². The van der Waals surface area contributed by atoms with Crippen molar-refractivity contribution in [2.75, 3.05) is 11.5 Å². The Balaban J connectivity index is 1.71. The van der Waals surface area contributed by atoms with E-state index in [1.165, 1.54) is 0 Å². The van der Waals surface area contributed by atoms with E-state index < -0.39 is 0 Å². The van der Waals surface area contributed by atoms with Gasteiger partial charge in [0, 0.05) is 22.7 Å². The summed E-state index contributed by atoms with van der Waals surface area (Å²) in [6.07, 6.45) is 0.806. The first kappa shape index (κ1) is 17.8. The van der Waals surface area contributed by atoms with Crippen LogP contribution in [0.3, 0.4) is 0 Å². The van der Waals surface area contributed by atoms with E-state index in [4.69, 9.17) is 16.5 Å². The van der Waals surface area contributed by atoms with Crippen molar-refractivity contribution >= 4 is 44.0 Å². The van der Waals surface area contributed by atoms with Gasteiger partial charge >= 0.3 is 0 Å². The highest BCUT2D eigenvalue weighted by Gasteiger charge is 2.26. The molecule has 2 aromatic heterocycles. The highest BCUT2D eigenvalue weighted by atomic mass is 32.1.